The van der Waals surface area contributed by atoms with Gasteiger partial charge in [0, 0.05) is 0 Å². The minimum Gasteiger partial charge on any atom is -0.285 e. The molecule has 0 radical (unpaired) electrons. The van der Waals surface area contributed by atoms with Crippen LogP contribution in [0.5, 0.6) is 0 Å². The fourth-order valence-corrected chi connectivity index (χ4v) is 0.316. The lowest BCUT2D eigenvalue weighted by Gasteiger charge is -1.64. The summed E-state index contributed by atoms with van der Waals surface area (Å²) >= 11 is 0. The van der Waals surface area contributed by atoms with Crippen molar-refractivity contribution in [2.75, 3.05) is 0 Å². The van der Waals surface area contributed by atoms with Crippen LogP contribution < -0.4 is 5.50 Å². The quantitative estimate of drug-likeness (QED) is 0.477. The Balaban J connectivity index is 2.62. The van der Waals surface area contributed by atoms with Gasteiger partial charge in [-0.1, -0.05) is 6.92 Å². The summed E-state index contributed by atoms with van der Waals surface area (Å²) in [5, 5.41) is 0. The first-order chi connectivity index (χ1) is 2.41. The van der Waals surface area contributed by atoms with E-state index in [2.05, 4.69) is 6.92 Å². The Morgan fingerprint density at radius 3 is 2.60 bits per heavy atom. The predicted molar refractivity (Wildman–Crippen MR) is 27.5 cm³/mol. The molecule has 0 atom stereocenters. The van der Waals surface area contributed by atoms with Gasteiger partial charge in [0.1, 0.15) is 0 Å². The van der Waals surface area contributed by atoms with E-state index in [1.807, 2.05) is 5.80 Å². The van der Waals surface area contributed by atoms with E-state index in [1.165, 1.54) is 0 Å². The fourth-order valence-electron chi connectivity index (χ4n) is 0.105. The average molecular weight is 89.1 g/mol. The SMILES string of the molecule is CC/C=P/N. The van der Waals surface area contributed by atoms with E-state index < -0.39 is 0 Å². The van der Waals surface area contributed by atoms with Crippen LogP contribution in [0.3, 0.4) is 0 Å². The highest BCUT2D eigenvalue weighted by atomic mass is 31.1. The van der Waals surface area contributed by atoms with E-state index in [0.717, 1.165) is 14.8 Å². The summed E-state index contributed by atoms with van der Waals surface area (Å²) in [5.41, 5.74) is 5.06. The van der Waals surface area contributed by atoms with Crippen molar-refractivity contribution in [2.45, 2.75) is 13.3 Å². The van der Waals surface area contributed by atoms with Gasteiger partial charge in [-0.3, -0.25) is 5.50 Å². The van der Waals surface area contributed by atoms with Crippen molar-refractivity contribution in [1.82, 2.24) is 0 Å². The minimum absolute atomic E-state index is 0.905. The second kappa shape index (κ2) is 4.13. The maximum atomic E-state index is 5.06. The topological polar surface area (TPSA) is 26.0 Å². The Morgan fingerprint density at radius 1 is 2.00 bits per heavy atom. The van der Waals surface area contributed by atoms with Gasteiger partial charge in [0.2, 0.25) is 0 Å². The Morgan fingerprint density at radius 2 is 2.60 bits per heavy atom. The number of hydrogen-bond donors (Lipinski definition) is 1. The van der Waals surface area contributed by atoms with Crippen LogP contribution in [0, 0.1) is 0 Å². The highest BCUT2D eigenvalue weighted by molar-refractivity contribution is 7.35. The van der Waals surface area contributed by atoms with Crippen molar-refractivity contribution in [3.05, 3.63) is 0 Å². The van der Waals surface area contributed by atoms with Crippen molar-refractivity contribution in [3.63, 3.8) is 0 Å². The van der Waals surface area contributed by atoms with E-state index in [0.29, 0.717) is 0 Å². The zero-order valence-corrected chi connectivity index (χ0v) is 4.20. The summed E-state index contributed by atoms with van der Waals surface area (Å²) in [5.74, 6) is 2.00. The van der Waals surface area contributed by atoms with Gasteiger partial charge in [-0.2, -0.15) is 0 Å². The third-order valence-electron chi connectivity index (χ3n) is 0.288. The maximum absolute atomic E-state index is 5.06. The molecule has 0 rings (SSSR count). The van der Waals surface area contributed by atoms with E-state index in [1.54, 1.807) is 0 Å². The zero-order chi connectivity index (χ0) is 4.12. The molecule has 0 aromatic heterocycles. The van der Waals surface area contributed by atoms with Crippen LogP contribution in [-0.4, -0.2) is 5.80 Å². The monoisotopic (exact) mass is 89.0 g/mol. The molecule has 0 aromatic carbocycles. The van der Waals surface area contributed by atoms with Gasteiger partial charge in [-0.15, -0.1) is 0 Å². The third-order valence-corrected chi connectivity index (χ3v) is 0.864. The van der Waals surface area contributed by atoms with Crippen molar-refractivity contribution >= 4 is 14.2 Å². The van der Waals surface area contributed by atoms with Gasteiger partial charge < -0.3 is 0 Å². The van der Waals surface area contributed by atoms with Gasteiger partial charge in [-0.05, 0) is 20.6 Å². The smallest absolute Gasteiger partial charge is 0.0286 e. The van der Waals surface area contributed by atoms with Crippen LogP contribution in [0.1, 0.15) is 13.3 Å². The van der Waals surface area contributed by atoms with E-state index in [-0.39, 0.29) is 0 Å². The molecular weight excluding hydrogens is 81.0 g/mol. The summed E-state index contributed by atoms with van der Waals surface area (Å²) in [7, 11) is 0.905. The molecule has 0 aliphatic heterocycles. The van der Waals surface area contributed by atoms with Crippen LogP contribution in [0.15, 0.2) is 0 Å². The molecule has 30 valence electrons. The molecular formula is C3H8NP. The van der Waals surface area contributed by atoms with Gasteiger partial charge in [-0.25, -0.2) is 0 Å². The molecule has 0 aliphatic rings. The molecule has 0 aromatic rings. The normalized spacial score (nSPS) is 10.0. The first kappa shape index (κ1) is 5.13. The summed E-state index contributed by atoms with van der Waals surface area (Å²) in [4.78, 5) is 0. The summed E-state index contributed by atoms with van der Waals surface area (Å²) in [6, 6.07) is 0. The Labute approximate surface area is 34.0 Å². The van der Waals surface area contributed by atoms with Gasteiger partial charge in [0.25, 0.3) is 0 Å². The predicted octanol–water partition coefficient (Wildman–Crippen LogP) is 1.02. The molecule has 0 saturated carbocycles. The molecule has 5 heavy (non-hydrogen) atoms. The molecule has 0 fully saturated rings. The Hall–Kier alpha value is 0.130. The molecule has 0 aliphatic carbocycles. The maximum Gasteiger partial charge on any atom is -0.0286 e. The zero-order valence-electron chi connectivity index (χ0n) is 3.31. The van der Waals surface area contributed by atoms with Crippen molar-refractivity contribution in [3.8, 4) is 0 Å². The first-order valence-corrected chi connectivity index (χ1v) is 2.66. The van der Waals surface area contributed by atoms with Crippen LogP contribution >= 0.6 is 8.35 Å². The number of rotatable bonds is 1. The first-order valence-electron chi connectivity index (χ1n) is 1.63. The van der Waals surface area contributed by atoms with Crippen molar-refractivity contribution in [1.29, 1.82) is 0 Å². The van der Waals surface area contributed by atoms with E-state index in [9.17, 15) is 0 Å². The molecule has 0 spiro atoms. The van der Waals surface area contributed by atoms with E-state index in [4.69, 9.17) is 5.50 Å². The molecule has 0 bridgehead atoms. The highest BCUT2D eigenvalue weighted by Crippen LogP contribution is 1.74. The largest absolute Gasteiger partial charge is 0.285 e. The second-order valence-electron chi connectivity index (χ2n) is 0.740. The Bertz CT molecular complexity index is 33.9. The van der Waals surface area contributed by atoms with Crippen LogP contribution in [-0.2, 0) is 0 Å². The molecule has 1 nitrogen and oxygen atoms in total. The second-order valence-corrected chi connectivity index (χ2v) is 1.40. The summed E-state index contributed by atoms with van der Waals surface area (Å²) < 4.78 is 0. The molecule has 0 saturated heterocycles. The van der Waals surface area contributed by atoms with Crippen LogP contribution in [0.25, 0.3) is 0 Å². The van der Waals surface area contributed by atoms with Crippen molar-refractivity contribution in [2.24, 2.45) is 5.50 Å². The Kier molecular flexibility index (Phi) is 4.24. The lowest BCUT2D eigenvalue weighted by atomic mass is 10.6. The van der Waals surface area contributed by atoms with Gasteiger partial charge in [0.15, 0.2) is 0 Å². The molecule has 0 amide bonds. The van der Waals surface area contributed by atoms with Crippen LogP contribution in [0.4, 0.5) is 0 Å². The standard InChI is InChI=1S/C3H8NP/c1-2-3-5-4/h3H,2,4H2,1H3. The summed E-state index contributed by atoms with van der Waals surface area (Å²) in [6.07, 6.45) is 1.08. The lowest BCUT2D eigenvalue weighted by molar-refractivity contribution is 1.35. The van der Waals surface area contributed by atoms with E-state index >= 15 is 0 Å². The third kappa shape index (κ3) is 4.13. The van der Waals surface area contributed by atoms with Gasteiger partial charge in [0.05, 0.1) is 0 Å². The number of hydrogen-bond acceptors (Lipinski definition) is 1. The average Bonchev–Trinajstić information content (AvgIpc) is 1.41. The molecule has 2 heteroatoms. The lowest BCUT2D eigenvalue weighted by Crippen LogP contribution is -1.64. The van der Waals surface area contributed by atoms with Crippen molar-refractivity contribution < 1.29 is 0 Å². The molecule has 0 heterocycles. The minimum atomic E-state index is 0.905. The summed E-state index contributed by atoms with van der Waals surface area (Å²) in [6.45, 7) is 2.07. The number of nitrogens with two attached hydrogens (primary N) is 1. The fraction of sp³-hybridized carbons (Fsp3) is 0.667. The molecule has 0 unspecified atom stereocenters. The molecule has 2 N–H and O–H groups in total. The highest BCUT2D eigenvalue weighted by Gasteiger charge is 1.53. The van der Waals surface area contributed by atoms with Gasteiger partial charge >= 0.3 is 0 Å². The van der Waals surface area contributed by atoms with Crippen LogP contribution in [0.2, 0.25) is 0 Å².